The molecule has 26 heavy (non-hydrogen) atoms. The minimum atomic E-state index is -0.494. The van der Waals surface area contributed by atoms with Gasteiger partial charge in [-0.1, -0.05) is 24.5 Å². The molecule has 3 nitrogen and oxygen atoms in total. The minimum absolute atomic E-state index is 0.160. The van der Waals surface area contributed by atoms with Crippen LogP contribution < -0.4 is 9.47 Å². The Kier molecular flexibility index (Phi) is 6.14. The van der Waals surface area contributed by atoms with Crippen LogP contribution in [0, 0.1) is 23.7 Å². The summed E-state index contributed by atoms with van der Waals surface area (Å²) in [7, 11) is 1.44. The van der Waals surface area contributed by atoms with Gasteiger partial charge in [-0.2, -0.15) is 4.39 Å². The molecule has 1 aliphatic heterocycles. The largest absolute Gasteiger partial charge is 0.494 e. The second-order valence-electron chi connectivity index (χ2n) is 6.25. The fraction of sp³-hybridized carbons (Fsp3) is 0.364. The Balaban J connectivity index is 1.91. The number of hydrogen-bond acceptors (Lipinski definition) is 3. The van der Waals surface area contributed by atoms with Gasteiger partial charge in [-0.3, -0.25) is 4.90 Å². The van der Waals surface area contributed by atoms with E-state index in [1.54, 1.807) is 24.3 Å². The Morgan fingerprint density at radius 3 is 2.88 bits per heavy atom. The highest BCUT2D eigenvalue weighted by atomic mass is 19.1. The summed E-state index contributed by atoms with van der Waals surface area (Å²) in [6.45, 7) is 3.58. The van der Waals surface area contributed by atoms with Crippen molar-refractivity contribution in [1.29, 1.82) is 0 Å². The first kappa shape index (κ1) is 18.3. The fourth-order valence-electron chi connectivity index (χ4n) is 3.34. The molecule has 2 aromatic rings. The van der Waals surface area contributed by atoms with Gasteiger partial charge in [0.05, 0.1) is 13.7 Å². The van der Waals surface area contributed by atoms with Crippen molar-refractivity contribution in [3.63, 3.8) is 0 Å². The maximum absolute atomic E-state index is 14.5. The summed E-state index contributed by atoms with van der Waals surface area (Å²) in [5, 5.41) is 0. The Hall–Kier alpha value is -2.51. The highest BCUT2D eigenvalue weighted by molar-refractivity contribution is 5.43. The van der Waals surface area contributed by atoms with E-state index in [0.717, 1.165) is 31.5 Å². The molecule has 0 unspecified atom stereocenters. The van der Waals surface area contributed by atoms with E-state index in [-0.39, 0.29) is 17.5 Å². The smallest absolute Gasteiger partial charge is 0.207 e. The molecule has 3 rings (SSSR count). The van der Waals surface area contributed by atoms with Crippen LogP contribution in [0.2, 0.25) is 0 Å². The van der Waals surface area contributed by atoms with Crippen molar-refractivity contribution in [1.82, 2.24) is 4.90 Å². The van der Waals surface area contributed by atoms with E-state index >= 15 is 0 Å². The molecule has 0 spiro atoms. The van der Waals surface area contributed by atoms with E-state index in [2.05, 4.69) is 22.8 Å². The van der Waals surface area contributed by atoms with Gasteiger partial charge < -0.3 is 9.47 Å². The fourth-order valence-corrected chi connectivity index (χ4v) is 3.34. The lowest BCUT2D eigenvalue weighted by atomic mass is 9.94. The highest BCUT2D eigenvalue weighted by Crippen LogP contribution is 2.38. The van der Waals surface area contributed by atoms with Crippen molar-refractivity contribution < 1.29 is 13.9 Å². The highest BCUT2D eigenvalue weighted by Gasteiger charge is 2.26. The zero-order valence-electron chi connectivity index (χ0n) is 15.2. The molecular formula is C22H23FNO2. The Labute approximate surface area is 154 Å². The van der Waals surface area contributed by atoms with E-state index in [9.17, 15) is 4.39 Å². The van der Waals surface area contributed by atoms with E-state index in [4.69, 9.17) is 9.47 Å². The summed E-state index contributed by atoms with van der Waals surface area (Å²) in [6.07, 6.45) is 3.35. The molecule has 1 saturated heterocycles. The van der Waals surface area contributed by atoms with Crippen LogP contribution in [-0.2, 0) is 0 Å². The summed E-state index contributed by atoms with van der Waals surface area (Å²) >= 11 is 0. The third kappa shape index (κ3) is 4.00. The quantitative estimate of drug-likeness (QED) is 0.709. The normalized spacial score (nSPS) is 17.3. The molecule has 0 N–H and O–H groups in total. The van der Waals surface area contributed by atoms with E-state index in [1.165, 1.54) is 13.5 Å². The monoisotopic (exact) mass is 352 g/mol. The van der Waals surface area contributed by atoms with Crippen LogP contribution in [0.3, 0.4) is 0 Å². The molecule has 0 amide bonds. The first-order chi connectivity index (χ1) is 12.7. The maximum atomic E-state index is 14.5. The van der Waals surface area contributed by atoms with Gasteiger partial charge in [0.25, 0.3) is 0 Å². The van der Waals surface area contributed by atoms with E-state index in [0.29, 0.717) is 5.75 Å². The third-order valence-corrected chi connectivity index (χ3v) is 4.65. The molecule has 1 fully saturated rings. The molecule has 0 bridgehead atoms. The molecule has 1 aliphatic rings. The lowest BCUT2D eigenvalue weighted by molar-refractivity contribution is 0.166. The zero-order valence-corrected chi connectivity index (χ0v) is 15.2. The predicted octanol–water partition coefficient (Wildman–Crippen LogP) is 4.98. The molecule has 1 heterocycles. The van der Waals surface area contributed by atoms with Crippen LogP contribution in [-0.4, -0.2) is 25.1 Å². The van der Waals surface area contributed by atoms with Crippen molar-refractivity contribution in [2.24, 2.45) is 0 Å². The Morgan fingerprint density at radius 2 is 2.08 bits per heavy atom. The van der Waals surface area contributed by atoms with Crippen molar-refractivity contribution >= 4 is 0 Å². The summed E-state index contributed by atoms with van der Waals surface area (Å²) in [6, 6.07) is 13.8. The van der Waals surface area contributed by atoms with Crippen LogP contribution in [0.25, 0.3) is 0 Å². The number of likely N-dealkylation sites (tertiary alicyclic amines) is 1. The number of benzene rings is 2. The zero-order chi connectivity index (χ0) is 18.4. The van der Waals surface area contributed by atoms with E-state index < -0.39 is 5.82 Å². The lowest BCUT2D eigenvalue weighted by Gasteiger charge is -2.35. The number of halogens is 1. The molecule has 1 atom stereocenters. The van der Waals surface area contributed by atoms with Crippen LogP contribution in [0.5, 0.6) is 17.2 Å². The average molecular weight is 352 g/mol. The Morgan fingerprint density at radius 1 is 1.23 bits per heavy atom. The second-order valence-corrected chi connectivity index (χ2v) is 6.25. The summed E-state index contributed by atoms with van der Waals surface area (Å²) in [5.74, 6) is 6.61. The SMILES string of the molecule is CC#CCN1CCCC[C@H]1c1c[c]ccc1Oc1cccc(OC)c1F. The molecule has 0 aliphatic carbocycles. The van der Waals surface area contributed by atoms with Crippen molar-refractivity contribution in [2.75, 3.05) is 20.2 Å². The number of methoxy groups -OCH3 is 1. The van der Waals surface area contributed by atoms with Gasteiger partial charge in [-0.25, -0.2) is 0 Å². The third-order valence-electron chi connectivity index (χ3n) is 4.65. The summed E-state index contributed by atoms with van der Waals surface area (Å²) in [4.78, 5) is 2.36. The van der Waals surface area contributed by atoms with E-state index in [1.807, 2.05) is 19.1 Å². The van der Waals surface area contributed by atoms with Gasteiger partial charge in [0.1, 0.15) is 5.75 Å². The van der Waals surface area contributed by atoms with Crippen molar-refractivity contribution in [2.45, 2.75) is 32.2 Å². The summed E-state index contributed by atoms with van der Waals surface area (Å²) < 4.78 is 25.5. The van der Waals surface area contributed by atoms with Gasteiger partial charge in [-0.05, 0) is 56.6 Å². The first-order valence-corrected chi connectivity index (χ1v) is 8.88. The molecule has 0 aromatic heterocycles. The van der Waals surface area contributed by atoms with Gasteiger partial charge >= 0.3 is 0 Å². The molecule has 4 heteroatoms. The predicted molar refractivity (Wildman–Crippen MR) is 99.9 cm³/mol. The minimum Gasteiger partial charge on any atom is -0.494 e. The van der Waals surface area contributed by atoms with Gasteiger partial charge in [-0.15, -0.1) is 5.92 Å². The maximum Gasteiger partial charge on any atom is 0.207 e. The second kappa shape index (κ2) is 8.73. The van der Waals surface area contributed by atoms with Gasteiger partial charge in [0.2, 0.25) is 5.82 Å². The summed E-state index contributed by atoms with van der Waals surface area (Å²) in [5.41, 5.74) is 1.02. The number of ether oxygens (including phenoxy) is 2. The number of hydrogen-bond donors (Lipinski definition) is 0. The molecule has 0 saturated carbocycles. The average Bonchev–Trinajstić information content (AvgIpc) is 2.69. The van der Waals surface area contributed by atoms with Crippen LogP contribution in [0.15, 0.2) is 36.4 Å². The molecule has 2 aromatic carbocycles. The molecule has 135 valence electrons. The molecule has 1 radical (unpaired) electrons. The number of nitrogens with zero attached hydrogens (tertiary/aromatic N) is 1. The van der Waals surface area contributed by atoms with Crippen molar-refractivity contribution in [3.8, 4) is 29.1 Å². The van der Waals surface area contributed by atoms with Gasteiger partial charge in [0, 0.05) is 11.6 Å². The number of rotatable bonds is 5. The van der Waals surface area contributed by atoms with Crippen LogP contribution >= 0.6 is 0 Å². The lowest BCUT2D eigenvalue weighted by Crippen LogP contribution is -2.33. The first-order valence-electron chi connectivity index (χ1n) is 8.88. The van der Waals surface area contributed by atoms with Crippen LogP contribution in [0.1, 0.15) is 37.8 Å². The van der Waals surface area contributed by atoms with Crippen LogP contribution in [0.4, 0.5) is 4.39 Å². The van der Waals surface area contributed by atoms with Gasteiger partial charge in [0.15, 0.2) is 11.5 Å². The standard InChI is InChI=1S/C22H23FNO2/c1-3-4-15-24-16-8-7-11-18(24)17-10-5-6-12-19(17)26-21-14-9-13-20(25-2)22(21)23/h6,9-10,12-14,18H,7-8,11,15-16H2,1-2H3/t18-/m0/s1. The molecular weight excluding hydrogens is 329 g/mol. The van der Waals surface area contributed by atoms with Crippen molar-refractivity contribution in [3.05, 3.63) is 53.8 Å². The topological polar surface area (TPSA) is 21.7 Å². The number of piperidine rings is 1. The Bertz CT molecular complexity index is 809.